The topological polar surface area (TPSA) is 87.7 Å². The molecule has 156 valence electrons. The van der Waals surface area contributed by atoms with Crippen LogP contribution < -0.4 is 10.6 Å². The molecule has 7 nitrogen and oxygen atoms in total. The van der Waals surface area contributed by atoms with Gasteiger partial charge >= 0.3 is 12.0 Å². The molecule has 2 N–H and O–H groups in total. The third-order valence-electron chi connectivity index (χ3n) is 5.66. The molecule has 1 aromatic carbocycles. The molecule has 0 bridgehead atoms. The number of ether oxygens (including phenoxy) is 1. The maximum Gasteiger partial charge on any atom is 0.337 e. The van der Waals surface area contributed by atoms with Gasteiger partial charge in [-0.1, -0.05) is 31.9 Å². The van der Waals surface area contributed by atoms with Crippen molar-refractivity contribution in [2.45, 2.75) is 52.0 Å². The molecule has 1 heterocycles. The van der Waals surface area contributed by atoms with Gasteiger partial charge < -0.3 is 15.4 Å². The van der Waals surface area contributed by atoms with E-state index < -0.39 is 12.0 Å². The van der Waals surface area contributed by atoms with E-state index in [1.807, 2.05) is 31.2 Å². The van der Waals surface area contributed by atoms with Gasteiger partial charge in [-0.3, -0.25) is 9.69 Å². The SMILES string of the molecule is CCCN1C(=O)N[C@H](c2cccc(NC(=O)C3CCCC3)c2)C(C(=O)OC)=C1C. The number of rotatable bonds is 6. The van der Waals surface area contributed by atoms with Crippen LogP contribution in [0.2, 0.25) is 0 Å². The summed E-state index contributed by atoms with van der Waals surface area (Å²) < 4.78 is 4.99. The first-order valence-electron chi connectivity index (χ1n) is 10.2. The highest BCUT2D eigenvalue weighted by atomic mass is 16.5. The lowest BCUT2D eigenvalue weighted by molar-refractivity contribution is -0.136. The zero-order valence-electron chi connectivity index (χ0n) is 17.3. The molecule has 3 rings (SSSR count). The number of amides is 3. The summed E-state index contributed by atoms with van der Waals surface area (Å²) in [7, 11) is 1.33. The largest absolute Gasteiger partial charge is 0.466 e. The predicted octanol–water partition coefficient (Wildman–Crippen LogP) is 3.74. The number of nitrogens with zero attached hydrogens (tertiary/aromatic N) is 1. The molecule has 7 heteroatoms. The molecule has 0 aromatic heterocycles. The maximum absolute atomic E-state index is 12.6. The Kier molecular flexibility index (Phi) is 6.56. The fourth-order valence-electron chi connectivity index (χ4n) is 4.13. The summed E-state index contributed by atoms with van der Waals surface area (Å²) in [6, 6.07) is 6.40. The number of hydrogen-bond donors (Lipinski definition) is 2. The Balaban J connectivity index is 1.90. The average Bonchev–Trinajstić information content (AvgIpc) is 3.25. The van der Waals surface area contributed by atoms with Crippen LogP contribution in [0.4, 0.5) is 10.5 Å². The summed E-state index contributed by atoms with van der Waals surface area (Å²) in [4.78, 5) is 39.2. The first-order valence-corrected chi connectivity index (χ1v) is 10.2. The van der Waals surface area contributed by atoms with Crippen LogP contribution in [0.15, 0.2) is 35.5 Å². The molecular weight excluding hydrogens is 370 g/mol. The normalized spacial score (nSPS) is 19.9. The van der Waals surface area contributed by atoms with Crippen molar-refractivity contribution in [3.8, 4) is 0 Å². The molecule has 1 aliphatic carbocycles. The van der Waals surface area contributed by atoms with Gasteiger partial charge in [0.05, 0.1) is 18.7 Å². The van der Waals surface area contributed by atoms with Crippen LogP contribution in [-0.4, -0.2) is 36.5 Å². The van der Waals surface area contributed by atoms with Gasteiger partial charge in [-0.2, -0.15) is 0 Å². The lowest BCUT2D eigenvalue weighted by Gasteiger charge is -2.35. The van der Waals surface area contributed by atoms with Crippen molar-refractivity contribution in [3.05, 3.63) is 41.1 Å². The number of carbonyl (C=O) groups excluding carboxylic acids is 3. The summed E-state index contributed by atoms with van der Waals surface area (Å²) >= 11 is 0. The van der Waals surface area contributed by atoms with Crippen LogP contribution in [0.25, 0.3) is 0 Å². The van der Waals surface area contributed by atoms with Gasteiger partial charge in [0.15, 0.2) is 0 Å². The van der Waals surface area contributed by atoms with E-state index in [9.17, 15) is 14.4 Å². The number of allylic oxidation sites excluding steroid dienone is 1. The minimum Gasteiger partial charge on any atom is -0.466 e. The Hall–Kier alpha value is -2.83. The van der Waals surface area contributed by atoms with Crippen molar-refractivity contribution in [2.24, 2.45) is 5.92 Å². The third-order valence-corrected chi connectivity index (χ3v) is 5.66. The molecule has 3 amide bonds. The number of nitrogens with one attached hydrogen (secondary N) is 2. The summed E-state index contributed by atoms with van der Waals surface area (Å²) in [6.07, 6.45) is 4.80. The molecule has 0 radical (unpaired) electrons. The Morgan fingerprint density at radius 1 is 1.28 bits per heavy atom. The van der Waals surface area contributed by atoms with Gasteiger partial charge in [-0.25, -0.2) is 9.59 Å². The van der Waals surface area contributed by atoms with Crippen LogP contribution in [0.5, 0.6) is 0 Å². The van der Waals surface area contributed by atoms with Crippen LogP contribution in [0.1, 0.15) is 57.6 Å². The second kappa shape index (κ2) is 9.11. The van der Waals surface area contributed by atoms with Gasteiger partial charge in [0.2, 0.25) is 5.91 Å². The molecule has 0 saturated heterocycles. The van der Waals surface area contributed by atoms with E-state index in [2.05, 4.69) is 10.6 Å². The molecule has 1 fully saturated rings. The van der Waals surface area contributed by atoms with Crippen molar-refractivity contribution in [3.63, 3.8) is 0 Å². The van der Waals surface area contributed by atoms with E-state index in [-0.39, 0.29) is 17.9 Å². The van der Waals surface area contributed by atoms with E-state index in [1.165, 1.54) is 7.11 Å². The Morgan fingerprint density at radius 3 is 2.66 bits per heavy atom. The van der Waals surface area contributed by atoms with Gasteiger partial charge in [0, 0.05) is 23.8 Å². The van der Waals surface area contributed by atoms with E-state index in [0.717, 1.165) is 37.7 Å². The fourth-order valence-corrected chi connectivity index (χ4v) is 4.13. The number of carbonyl (C=O) groups is 3. The van der Waals surface area contributed by atoms with Crippen LogP contribution in [-0.2, 0) is 14.3 Å². The lowest BCUT2D eigenvalue weighted by Crippen LogP contribution is -2.48. The van der Waals surface area contributed by atoms with Crippen molar-refractivity contribution in [1.82, 2.24) is 10.2 Å². The molecular formula is C22H29N3O4. The fraction of sp³-hybridized carbons (Fsp3) is 0.500. The molecule has 1 aliphatic heterocycles. The predicted molar refractivity (Wildman–Crippen MR) is 110 cm³/mol. The average molecular weight is 399 g/mol. The summed E-state index contributed by atoms with van der Waals surface area (Å²) in [6.45, 7) is 4.25. The number of benzene rings is 1. The molecule has 1 atom stereocenters. The highest BCUT2D eigenvalue weighted by molar-refractivity contribution is 5.95. The van der Waals surface area contributed by atoms with Crippen LogP contribution in [0.3, 0.4) is 0 Å². The van der Waals surface area contributed by atoms with Gasteiger partial charge in [-0.05, 0) is 43.9 Å². The van der Waals surface area contributed by atoms with Gasteiger partial charge in [-0.15, -0.1) is 0 Å². The van der Waals surface area contributed by atoms with E-state index >= 15 is 0 Å². The second-order valence-corrected chi connectivity index (χ2v) is 7.62. The monoisotopic (exact) mass is 399 g/mol. The number of anilines is 1. The zero-order chi connectivity index (χ0) is 21.0. The molecule has 29 heavy (non-hydrogen) atoms. The van der Waals surface area contributed by atoms with E-state index in [4.69, 9.17) is 4.74 Å². The summed E-state index contributed by atoms with van der Waals surface area (Å²) in [5.74, 6) is -0.390. The highest BCUT2D eigenvalue weighted by Crippen LogP contribution is 2.33. The minimum atomic E-state index is -0.633. The lowest BCUT2D eigenvalue weighted by atomic mass is 9.94. The zero-order valence-corrected chi connectivity index (χ0v) is 17.3. The highest BCUT2D eigenvalue weighted by Gasteiger charge is 2.36. The molecule has 2 aliphatic rings. The Labute approximate surface area is 171 Å². The van der Waals surface area contributed by atoms with E-state index in [0.29, 0.717) is 23.5 Å². The smallest absolute Gasteiger partial charge is 0.337 e. The van der Waals surface area contributed by atoms with E-state index in [1.54, 1.807) is 11.8 Å². The number of methoxy groups -OCH3 is 1. The Morgan fingerprint density at radius 2 is 2.00 bits per heavy atom. The molecule has 1 aromatic rings. The molecule has 0 spiro atoms. The van der Waals surface area contributed by atoms with Crippen molar-refractivity contribution in [1.29, 1.82) is 0 Å². The number of hydrogen-bond acceptors (Lipinski definition) is 4. The maximum atomic E-state index is 12.6. The second-order valence-electron chi connectivity index (χ2n) is 7.62. The summed E-state index contributed by atoms with van der Waals surface area (Å²) in [5, 5.41) is 5.89. The number of esters is 1. The van der Waals surface area contributed by atoms with Gasteiger partial charge in [0.1, 0.15) is 0 Å². The molecule has 1 saturated carbocycles. The van der Waals surface area contributed by atoms with Gasteiger partial charge in [0.25, 0.3) is 0 Å². The first-order chi connectivity index (χ1) is 14.0. The van der Waals surface area contributed by atoms with Crippen molar-refractivity contribution < 1.29 is 19.1 Å². The van der Waals surface area contributed by atoms with Crippen LogP contribution in [0, 0.1) is 5.92 Å². The van der Waals surface area contributed by atoms with Crippen molar-refractivity contribution >= 4 is 23.6 Å². The minimum absolute atomic E-state index is 0.0290. The number of urea groups is 1. The Bertz CT molecular complexity index is 827. The third kappa shape index (κ3) is 4.44. The van der Waals surface area contributed by atoms with Crippen LogP contribution >= 0.6 is 0 Å². The molecule has 0 unspecified atom stereocenters. The quantitative estimate of drug-likeness (QED) is 0.714. The standard InChI is InChI=1S/C22H29N3O4/c1-4-12-25-14(2)18(21(27)29-3)19(24-22(25)28)16-10-7-11-17(13-16)23-20(26)15-8-5-6-9-15/h7,10-11,13,15,19H,4-6,8-9,12H2,1-3H3,(H,23,26)(H,24,28)/t19-/m1/s1. The summed E-state index contributed by atoms with van der Waals surface area (Å²) in [5.41, 5.74) is 2.37. The first kappa shape index (κ1) is 20.9. The van der Waals surface area contributed by atoms with Crippen molar-refractivity contribution in [2.75, 3.05) is 19.0 Å².